The zero-order chi connectivity index (χ0) is 16.8. The van der Waals surface area contributed by atoms with Crippen molar-refractivity contribution in [3.63, 3.8) is 0 Å². The van der Waals surface area contributed by atoms with Crippen LogP contribution in [0.5, 0.6) is 0 Å². The lowest BCUT2D eigenvalue weighted by molar-refractivity contribution is -0.0209. The van der Waals surface area contributed by atoms with Crippen molar-refractivity contribution < 1.29 is 4.74 Å². The summed E-state index contributed by atoms with van der Waals surface area (Å²) in [6, 6.07) is 1.46. The molecule has 1 heterocycles. The van der Waals surface area contributed by atoms with Crippen LogP contribution in [0.1, 0.15) is 73.1 Å². The number of hydrogen-bond acceptors (Lipinski definition) is 3. The highest BCUT2D eigenvalue weighted by Gasteiger charge is 2.25. The van der Waals surface area contributed by atoms with Crippen LogP contribution in [0.4, 0.5) is 0 Å². The summed E-state index contributed by atoms with van der Waals surface area (Å²) in [5.74, 6) is 0.946. The standard InChI is InChI=1S/C20H40N2O/c1-16(2)21-12-14-22(15-13-21)18(5)6-7-19-8-10-20(11-9-19)23-17(3)4/h16-20H,6-15H2,1-5H3/t18-,19-,20-/m1/s1. The SMILES string of the molecule is CC(C)O[C@H]1CC[C@H](CC[C@@H](C)N2CCN(C(C)C)CC2)CC1. The van der Waals surface area contributed by atoms with Crippen LogP contribution in [-0.4, -0.2) is 60.3 Å². The molecular formula is C20H40N2O. The van der Waals surface area contributed by atoms with Gasteiger partial charge in [0.15, 0.2) is 0 Å². The lowest BCUT2D eigenvalue weighted by Gasteiger charge is -2.40. The molecule has 0 spiro atoms. The van der Waals surface area contributed by atoms with Gasteiger partial charge in [0.25, 0.3) is 0 Å². The molecule has 0 aromatic carbocycles. The van der Waals surface area contributed by atoms with Crippen LogP contribution < -0.4 is 0 Å². The minimum atomic E-state index is 0.390. The Balaban J connectivity index is 1.61. The van der Waals surface area contributed by atoms with E-state index in [2.05, 4.69) is 44.4 Å². The Morgan fingerprint density at radius 2 is 1.39 bits per heavy atom. The summed E-state index contributed by atoms with van der Waals surface area (Å²) >= 11 is 0. The Kier molecular flexibility index (Phi) is 7.84. The van der Waals surface area contributed by atoms with E-state index in [-0.39, 0.29) is 0 Å². The molecule has 1 saturated heterocycles. The van der Waals surface area contributed by atoms with E-state index in [1.807, 2.05) is 0 Å². The highest BCUT2D eigenvalue weighted by Crippen LogP contribution is 2.30. The molecule has 0 amide bonds. The molecule has 2 rings (SSSR count). The number of nitrogens with zero attached hydrogens (tertiary/aromatic N) is 2. The normalized spacial score (nSPS) is 29.3. The minimum absolute atomic E-state index is 0.390. The van der Waals surface area contributed by atoms with Crippen LogP contribution in [0.2, 0.25) is 0 Å². The third-order valence-electron chi connectivity index (χ3n) is 5.95. The van der Waals surface area contributed by atoms with Crippen molar-refractivity contribution in [2.75, 3.05) is 26.2 Å². The first-order valence-corrected chi connectivity index (χ1v) is 10.1. The zero-order valence-corrected chi connectivity index (χ0v) is 16.3. The van der Waals surface area contributed by atoms with Gasteiger partial charge in [0.2, 0.25) is 0 Å². The fraction of sp³-hybridized carbons (Fsp3) is 1.00. The first-order chi connectivity index (χ1) is 11.0. The second-order valence-corrected chi connectivity index (χ2v) is 8.42. The lowest BCUT2D eigenvalue weighted by Crippen LogP contribution is -2.51. The number of hydrogen-bond donors (Lipinski definition) is 0. The molecule has 1 aliphatic heterocycles. The summed E-state index contributed by atoms with van der Waals surface area (Å²) in [7, 11) is 0. The van der Waals surface area contributed by atoms with Crippen LogP contribution in [0, 0.1) is 5.92 Å². The fourth-order valence-corrected chi connectivity index (χ4v) is 4.30. The van der Waals surface area contributed by atoms with E-state index in [1.165, 1.54) is 64.7 Å². The molecule has 0 aromatic rings. The summed E-state index contributed by atoms with van der Waals surface area (Å²) in [6.45, 7) is 16.4. The summed E-state index contributed by atoms with van der Waals surface area (Å²) < 4.78 is 5.98. The third-order valence-corrected chi connectivity index (χ3v) is 5.95. The molecule has 23 heavy (non-hydrogen) atoms. The molecule has 0 unspecified atom stereocenters. The van der Waals surface area contributed by atoms with Gasteiger partial charge in [-0.15, -0.1) is 0 Å². The Bertz CT molecular complexity index is 316. The van der Waals surface area contributed by atoms with Crippen molar-refractivity contribution in [2.45, 2.75) is 97.4 Å². The third kappa shape index (κ3) is 6.36. The van der Waals surface area contributed by atoms with Crippen LogP contribution in [0.3, 0.4) is 0 Å². The molecule has 2 fully saturated rings. The monoisotopic (exact) mass is 324 g/mol. The highest BCUT2D eigenvalue weighted by atomic mass is 16.5. The van der Waals surface area contributed by atoms with Gasteiger partial charge in [0.1, 0.15) is 0 Å². The molecule has 0 bridgehead atoms. The average molecular weight is 325 g/mol. The van der Waals surface area contributed by atoms with Crippen molar-refractivity contribution in [1.82, 2.24) is 9.80 Å². The Hall–Kier alpha value is -0.120. The van der Waals surface area contributed by atoms with E-state index in [0.29, 0.717) is 18.2 Å². The minimum Gasteiger partial charge on any atom is -0.376 e. The predicted octanol–water partition coefficient (Wildman–Crippen LogP) is 4.16. The molecule has 0 aromatic heterocycles. The zero-order valence-electron chi connectivity index (χ0n) is 16.3. The topological polar surface area (TPSA) is 15.7 Å². The van der Waals surface area contributed by atoms with Crippen molar-refractivity contribution in [3.05, 3.63) is 0 Å². The van der Waals surface area contributed by atoms with Gasteiger partial charge < -0.3 is 4.74 Å². The molecule has 1 saturated carbocycles. The molecule has 3 nitrogen and oxygen atoms in total. The summed E-state index contributed by atoms with van der Waals surface area (Å²) in [4.78, 5) is 5.33. The van der Waals surface area contributed by atoms with E-state index >= 15 is 0 Å². The maximum atomic E-state index is 5.98. The van der Waals surface area contributed by atoms with Gasteiger partial charge in [-0.3, -0.25) is 9.80 Å². The number of rotatable bonds is 7. The molecule has 2 aliphatic rings. The van der Waals surface area contributed by atoms with Gasteiger partial charge >= 0.3 is 0 Å². The molecule has 136 valence electrons. The van der Waals surface area contributed by atoms with Crippen molar-refractivity contribution in [2.24, 2.45) is 5.92 Å². The Morgan fingerprint density at radius 1 is 0.826 bits per heavy atom. The van der Waals surface area contributed by atoms with Crippen molar-refractivity contribution in [1.29, 1.82) is 0 Å². The van der Waals surface area contributed by atoms with Crippen LogP contribution >= 0.6 is 0 Å². The second kappa shape index (κ2) is 9.39. The molecular weight excluding hydrogens is 284 g/mol. The number of piperazine rings is 1. The molecule has 0 N–H and O–H groups in total. The van der Waals surface area contributed by atoms with Gasteiger partial charge in [-0.05, 0) is 79.1 Å². The summed E-state index contributed by atoms with van der Waals surface area (Å²) in [5.41, 5.74) is 0. The number of ether oxygens (including phenoxy) is 1. The van der Waals surface area contributed by atoms with Crippen LogP contribution in [-0.2, 0) is 4.74 Å². The predicted molar refractivity (Wildman–Crippen MR) is 98.9 cm³/mol. The quantitative estimate of drug-likeness (QED) is 0.699. The average Bonchev–Trinajstić information content (AvgIpc) is 2.53. The van der Waals surface area contributed by atoms with Gasteiger partial charge in [0.05, 0.1) is 12.2 Å². The molecule has 0 radical (unpaired) electrons. The van der Waals surface area contributed by atoms with Gasteiger partial charge in [-0.2, -0.15) is 0 Å². The summed E-state index contributed by atoms with van der Waals surface area (Å²) in [6.07, 6.45) is 9.04. The van der Waals surface area contributed by atoms with E-state index in [0.717, 1.165) is 12.0 Å². The highest BCUT2D eigenvalue weighted by molar-refractivity contribution is 4.80. The molecule has 1 atom stereocenters. The van der Waals surface area contributed by atoms with Crippen LogP contribution in [0.15, 0.2) is 0 Å². The van der Waals surface area contributed by atoms with Gasteiger partial charge in [-0.1, -0.05) is 0 Å². The van der Waals surface area contributed by atoms with Gasteiger partial charge in [-0.25, -0.2) is 0 Å². The van der Waals surface area contributed by atoms with Crippen molar-refractivity contribution in [3.8, 4) is 0 Å². The maximum Gasteiger partial charge on any atom is 0.0578 e. The maximum absolute atomic E-state index is 5.98. The summed E-state index contributed by atoms with van der Waals surface area (Å²) in [5, 5.41) is 0. The van der Waals surface area contributed by atoms with Crippen molar-refractivity contribution >= 4 is 0 Å². The smallest absolute Gasteiger partial charge is 0.0578 e. The lowest BCUT2D eigenvalue weighted by atomic mass is 9.83. The Labute approximate surface area is 144 Å². The Morgan fingerprint density at radius 3 is 1.91 bits per heavy atom. The van der Waals surface area contributed by atoms with E-state index in [1.54, 1.807) is 0 Å². The largest absolute Gasteiger partial charge is 0.376 e. The fourth-order valence-electron chi connectivity index (χ4n) is 4.30. The second-order valence-electron chi connectivity index (χ2n) is 8.42. The first kappa shape index (κ1) is 19.2. The van der Waals surface area contributed by atoms with E-state index < -0.39 is 0 Å². The van der Waals surface area contributed by atoms with Gasteiger partial charge in [0, 0.05) is 38.3 Å². The van der Waals surface area contributed by atoms with Crippen LogP contribution in [0.25, 0.3) is 0 Å². The molecule has 1 aliphatic carbocycles. The molecule has 3 heteroatoms. The van der Waals surface area contributed by atoms with E-state index in [4.69, 9.17) is 4.74 Å². The first-order valence-electron chi connectivity index (χ1n) is 10.1. The van der Waals surface area contributed by atoms with E-state index in [9.17, 15) is 0 Å².